The molecule has 0 aliphatic rings. The maximum atomic E-state index is 12.7. The molecule has 0 fully saturated rings. The lowest BCUT2D eigenvalue weighted by atomic mass is 10.2. The van der Waals surface area contributed by atoms with Crippen LogP contribution in [-0.2, 0) is 4.79 Å². The molecule has 76 valence electrons. The van der Waals surface area contributed by atoms with E-state index in [4.69, 9.17) is 10.6 Å². The van der Waals surface area contributed by atoms with Crippen molar-refractivity contribution < 1.29 is 13.9 Å². The Morgan fingerprint density at radius 2 is 2.36 bits per heavy atom. The van der Waals surface area contributed by atoms with E-state index in [1.807, 2.05) is 5.43 Å². The van der Waals surface area contributed by atoms with Crippen LogP contribution in [0.3, 0.4) is 0 Å². The number of hydrogen-bond donors (Lipinski definition) is 2. The molecule has 14 heavy (non-hydrogen) atoms. The molecule has 4 nitrogen and oxygen atoms in total. The molecule has 0 spiro atoms. The summed E-state index contributed by atoms with van der Waals surface area (Å²) in [7, 11) is 0. The predicted octanol–water partition coefficient (Wildman–Crippen LogP) is 0.503. The Bertz CT molecular complexity index is 342. The van der Waals surface area contributed by atoms with Crippen LogP contribution >= 0.6 is 0 Å². The van der Waals surface area contributed by atoms with Crippen LogP contribution in [0.5, 0.6) is 5.75 Å². The maximum absolute atomic E-state index is 12.7. The average Bonchev–Trinajstić information content (AvgIpc) is 2.19. The molecule has 0 saturated carbocycles. The van der Waals surface area contributed by atoms with E-state index in [-0.39, 0.29) is 6.61 Å². The van der Waals surface area contributed by atoms with Gasteiger partial charge in [-0.05, 0) is 18.6 Å². The number of benzene rings is 1. The molecule has 0 unspecified atom stereocenters. The largest absolute Gasteiger partial charge is 0.483 e. The number of carbonyl (C=O) groups excluding carboxylic acids is 1. The molecule has 0 heterocycles. The summed E-state index contributed by atoms with van der Waals surface area (Å²) in [4.78, 5) is 10.7. The SMILES string of the molecule is Cc1ccc(F)cc1OCC(=O)NN. The van der Waals surface area contributed by atoms with Gasteiger partial charge in [0, 0.05) is 6.07 Å². The molecule has 1 rings (SSSR count). The molecule has 0 atom stereocenters. The summed E-state index contributed by atoms with van der Waals surface area (Å²) in [6, 6.07) is 4.12. The quantitative estimate of drug-likeness (QED) is 0.422. The molecule has 0 radical (unpaired) electrons. The Morgan fingerprint density at radius 1 is 1.64 bits per heavy atom. The first-order valence-electron chi connectivity index (χ1n) is 4.02. The van der Waals surface area contributed by atoms with Crippen molar-refractivity contribution in [3.63, 3.8) is 0 Å². The summed E-state index contributed by atoms with van der Waals surface area (Å²) in [6.07, 6.45) is 0. The Balaban J connectivity index is 2.66. The minimum absolute atomic E-state index is 0.221. The minimum atomic E-state index is -0.464. The second kappa shape index (κ2) is 4.57. The highest BCUT2D eigenvalue weighted by Crippen LogP contribution is 2.18. The molecule has 0 saturated heterocycles. The van der Waals surface area contributed by atoms with Gasteiger partial charge >= 0.3 is 0 Å². The molecule has 1 aromatic carbocycles. The van der Waals surface area contributed by atoms with Gasteiger partial charge < -0.3 is 4.74 Å². The van der Waals surface area contributed by atoms with E-state index in [0.29, 0.717) is 5.75 Å². The van der Waals surface area contributed by atoms with E-state index in [0.717, 1.165) is 5.56 Å². The van der Waals surface area contributed by atoms with Gasteiger partial charge in [-0.1, -0.05) is 6.07 Å². The number of amides is 1. The number of hydrogen-bond acceptors (Lipinski definition) is 3. The number of nitrogens with two attached hydrogens (primary N) is 1. The number of carbonyl (C=O) groups is 1. The zero-order chi connectivity index (χ0) is 10.6. The van der Waals surface area contributed by atoms with Crippen LogP contribution in [0.4, 0.5) is 4.39 Å². The summed E-state index contributed by atoms with van der Waals surface area (Å²) >= 11 is 0. The lowest BCUT2D eigenvalue weighted by Crippen LogP contribution is -2.34. The third-order valence-electron chi connectivity index (χ3n) is 1.67. The van der Waals surface area contributed by atoms with E-state index in [1.165, 1.54) is 12.1 Å². The van der Waals surface area contributed by atoms with Crippen LogP contribution in [0.2, 0.25) is 0 Å². The summed E-state index contributed by atoms with van der Waals surface area (Å²) in [6.45, 7) is 1.54. The van der Waals surface area contributed by atoms with Crippen molar-refractivity contribution in [2.45, 2.75) is 6.92 Å². The number of hydrazine groups is 1. The van der Waals surface area contributed by atoms with E-state index < -0.39 is 11.7 Å². The van der Waals surface area contributed by atoms with Gasteiger partial charge in [-0.3, -0.25) is 10.2 Å². The third-order valence-corrected chi connectivity index (χ3v) is 1.67. The summed E-state index contributed by atoms with van der Waals surface area (Å²) < 4.78 is 17.8. The second-order valence-electron chi connectivity index (χ2n) is 2.77. The van der Waals surface area contributed by atoms with Crippen LogP contribution in [0.25, 0.3) is 0 Å². The van der Waals surface area contributed by atoms with Gasteiger partial charge in [-0.25, -0.2) is 10.2 Å². The number of ether oxygens (including phenoxy) is 1. The number of rotatable bonds is 3. The number of nitrogens with one attached hydrogen (secondary N) is 1. The smallest absolute Gasteiger partial charge is 0.271 e. The Labute approximate surface area is 80.8 Å². The second-order valence-corrected chi connectivity index (χ2v) is 2.77. The first kappa shape index (κ1) is 10.5. The Morgan fingerprint density at radius 3 is 3.00 bits per heavy atom. The van der Waals surface area contributed by atoms with Gasteiger partial charge in [0.1, 0.15) is 11.6 Å². The van der Waals surface area contributed by atoms with E-state index >= 15 is 0 Å². The Kier molecular flexibility index (Phi) is 3.41. The van der Waals surface area contributed by atoms with E-state index in [1.54, 1.807) is 13.0 Å². The standard InChI is InChI=1S/C9H11FN2O2/c1-6-2-3-7(10)4-8(6)14-5-9(13)12-11/h2-4H,5,11H2,1H3,(H,12,13). The van der Waals surface area contributed by atoms with Gasteiger partial charge in [0.05, 0.1) is 0 Å². The van der Waals surface area contributed by atoms with Crippen molar-refractivity contribution in [1.29, 1.82) is 0 Å². The van der Waals surface area contributed by atoms with E-state index in [9.17, 15) is 9.18 Å². The fraction of sp³-hybridized carbons (Fsp3) is 0.222. The zero-order valence-corrected chi connectivity index (χ0v) is 7.71. The van der Waals surface area contributed by atoms with Gasteiger partial charge in [0.15, 0.2) is 6.61 Å². The van der Waals surface area contributed by atoms with Gasteiger partial charge in [-0.2, -0.15) is 0 Å². The summed E-state index contributed by atoms with van der Waals surface area (Å²) in [5, 5.41) is 0. The normalized spacial score (nSPS) is 9.64. The van der Waals surface area contributed by atoms with Gasteiger partial charge in [0.25, 0.3) is 5.91 Å². The predicted molar refractivity (Wildman–Crippen MR) is 49.0 cm³/mol. The lowest BCUT2D eigenvalue weighted by Gasteiger charge is -2.07. The van der Waals surface area contributed by atoms with Crippen LogP contribution < -0.4 is 16.0 Å². The highest BCUT2D eigenvalue weighted by atomic mass is 19.1. The molecular weight excluding hydrogens is 187 g/mol. The van der Waals surface area contributed by atoms with Crippen molar-refractivity contribution in [2.75, 3.05) is 6.61 Å². The fourth-order valence-corrected chi connectivity index (χ4v) is 0.914. The van der Waals surface area contributed by atoms with Crippen LogP contribution in [0.1, 0.15) is 5.56 Å². The van der Waals surface area contributed by atoms with E-state index in [2.05, 4.69) is 0 Å². The zero-order valence-electron chi connectivity index (χ0n) is 7.71. The Hall–Kier alpha value is -1.62. The summed E-state index contributed by atoms with van der Waals surface area (Å²) in [5.74, 6) is 4.32. The minimum Gasteiger partial charge on any atom is -0.483 e. The van der Waals surface area contributed by atoms with Gasteiger partial charge in [-0.15, -0.1) is 0 Å². The lowest BCUT2D eigenvalue weighted by molar-refractivity contribution is -0.123. The van der Waals surface area contributed by atoms with Crippen molar-refractivity contribution >= 4 is 5.91 Å². The van der Waals surface area contributed by atoms with Crippen molar-refractivity contribution in [3.8, 4) is 5.75 Å². The number of aryl methyl sites for hydroxylation is 1. The van der Waals surface area contributed by atoms with Crippen molar-refractivity contribution in [3.05, 3.63) is 29.6 Å². The van der Waals surface area contributed by atoms with Crippen LogP contribution in [0, 0.1) is 12.7 Å². The third kappa shape index (κ3) is 2.70. The fourth-order valence-electron chi connectivity index (χ4n) is 0.914. The molecule has 1 aromatic rings. The van der Waals surface area contributed by atoms with Crippen molar-refractivity contribution in [1.82, 2.24) is 5.43 Å². The highest BCUT2D eigenvalue weighted by Gasteiger charge is 2.04. The summed E-state index contributed by atoms with van der Waals surface area (Å²) in [5.41, 5.74) is 2.67. The molecule has 5 heteroatoms. The maximum Gasteiger partial charge on any atom is 0.271 e. The monoisotopic (exact) mass is 198 g/mol. The average molecular weight is 198 g/mol. The van der Waals surface area contributed by atoms with Crippen LogP contribution in [-0.4, -0.2) is 12.5 Å². The van der Waals surface area contributed by atoms with Crippen LogP contribution in [0.15, 0.2) is 18.2 Å². The molecule has 0 bridgehead atoms. The van der Waals surface area contributed by atoms with Gasteiger partial charge in [0.2, 0.25) is 0 Å². The molecule has 3 N–H and O–H groups in total. The molecule has 0 aliphatic carbocycles. The topological polar surface area (TPSA) is 64.3 Å². The first-order chi connectivity index (χ1) is 6.63. The molecule has 0 aromatic heterocycles. The van der Waals surface area contributed by atoms with Crippen molar-refractivity contribution in [2.24, 2.45) is 5.84 Å². The molecular formula is C9H11FN2O2. The number of halogens is 1. The highest BCUT2D eigenvalue weighted by molar-refractivity contribution is 5.76. The molecule has 1 amide bonds. The molecule has 0 aliphatic heterocycles. The first-order valence-corrected chi connectivity index (χ1v) is 4.02.